The molecule has 0 saturated carbocycles. The molecule has 0 atom stereocenters. The van der Waals surface area contributed by atoms with Crippen LogP contribution in [0.25, 0.3) is 0 Å². The molecule has 6 heteroatoms. The van der Waals surface area contributed by atoms with Gasteiger partial charge >= 0.3 is 6.18 Å². The summed E-state index contributed by atoms with van der Waals surface area (Å²) in [5.74, 6) is -1.41. The van der Waals surface area contributed by atoms with Crippen molar-refractivity contribution in [2.24, 2.45) is 0 Å². The summed E-state index contributed by atoms with van der Waals surface area (Å²) < 4.78 is 41.4. The number of alkyl halides is 3. The lowest BCUT2D eigenvalue weighted by molar-refractivity contribution is -0.309. The van der Waals surface area contributed by atoms with Crippen LogP contribution in [0.2, 0.25) is 0 Å². The Morgan fingerprint density at radius 1 is 1.38 bits per heavy atom. The molecule has 1 aromatic rings. The smallest absolute Gasteiger partial charge is 0.416 e. The Kier molecular flexibility index (Phi) is 3.89. The monoisotopic (exact) mass is 233 g/mol. The molecule has 16 heavy (non-hydrogen) atoms. The zero-order chi connectivity index (χ0) is 12.2. The number of carbonyl (C=O) groups excluding carboxylic acids is 1. The Morgan fingerprint density at radius 2 is 2.06 bits per heavy atom. The van der Waals surface area contributed by atoms with Crippen LogP contribution in [0.3, 0.4) is 0 Å². The van der Waals surface area contributed by atoms with E-state index < -0.39 is 24.3 Å². The van der Waals surface area contributed by atoms with Gasteiger partial charge in [-0.3, -0.25) is 0 Å². The van der Waals surface area contributed by atoms with Crippen molar-refractivity contribution in [3.05, 3.63) is 35.4 Å². The Hall–Kier alpha value is -1.56. The number of ether oxygens (including phenoxy) is 1. The quantitative estimate of drug-likeness (QED) is 0.778. The molecule has 0 saturated heterocycles. The number of hydrogen-bond acceptors (Lipinski definition) is 3. The minimum absolute atomic E-state index is 0.197. The van der Waals surface area contributed by atoms with E-state index in [1.54, 1.807) is 0 Å². The highest BCUT2D eigenvalue weighted by molar-refractivity contribution is 5.65. The molecule has 0 N–H and O–H groups in total. The minimum atomic E-state index is -4.41. The van der Waals surface area contributed by atoms with E-state index in [0.29, 0.717) is 0 Å². The van der Waals surface area contributed by atoms with Crippen molar-refractivity contribution in [2.75, 3.05) is 6.61 Å². The first kappa shape index (κ1) is 12.5. The van der Waals surface area contributed by atoms with E-state index in [-0.39, 0.29) is 12.2 Å². The van der Waals surface area contributed by atoms with Gasteiger partial charge in [0.2, 0.25) is 0 Å². The predicted octanol–water partition coefficient (Wildman–Crippen LogP) is 0.972. The summed E-state index contributed by atoms with van der Waals surface area (Å²) >= 11 is 0. The van der Waals surface area contributed by atoms with Gasteiger partial charge in [0, 0.05) is 0 Å². The molecule has 0 amide bonds. The first-order valence-electron chi connectivity index (χ1n) is 4.33. The summed E-state index contributed by atoms with van der Waals surface area (Å²) in [4.78, 5) is 10.00. The van der Waals surface area contributed by atoms with Gasteiger partial charge in [-0.2, -0.15) is 13.2 Å². The third kappa shape index (κ3) is 3.90. The average molecular weight is 233 g/mol. The molecule has 0 radical (unpaired) electrons. The Bertz CT molecular complexity index is 374. The molecule has 0 aliphatic rings. The number of rotatable bonds is 4. The van der Waals surface area contributed by atoms with Gasteiger partial charge in [0.1, 0.15) is 0 Å². The van der Waals surface area contributed by atoms with Crippen molar-refractivity contribution in [3.8, 4) is 0 Å². The van der Waals surface area contributed by atoms with Gasteiger partial charge in [-0.15, -0.1) is 0 Å². The standard InChI is InChI=1S/C10H9F3O3/c11-10(12,13)8-3-1-2-7(4-8)5-16-6-9(14)15/h1-4H,5-6H2,(H,14,15)/p-1. The molecule has 1 rings (SSSR count). The van der Waals surface area contributed by atoms with E-state index in [0.717, 1.165) is 12.1 Å². The summed E-state index contributed by atoms with van der Waals surface area (Å²) in [5, 5.41) is 10.00. The van der Waals surface area contributed by atoms with Crippen LogP contribution < -0.4 is 5.11 Å². The van der Waals surface area contributed by atoms with Crippen LogP contribution in [0.1, 0.15) is 11.1 Å². The molecule has 88 valence electrons. The van der Waals surface area contributed by atoms with Gasteiger partial charge in [0.05, 0.1) is 24.7 Å². The summed E-state index contributed by atoms with van der Waals surface area (Å²) in [6, 6.07) is 4.50. The number of aliphatic carboxylic acids is 1. The molecular weight excluding hydrogens is 225 g/mol. The Labute approximate surface area is 89.5 Å². The van der Waals surface area contributed by atoms with Crippen LogP contribution in [0.15, 0.2) is 24.3 Å². The van der Waals surface area contributed by atoms with Crippen molar-refractivity contribution in [3.63, 3.8) is 0 Å². The maximum Gasteiger partial charge on any atom is 0.416 e. The van der Waals surface area contributed by atoms with E-state index in [2.05, 4.69) is 4.74 Å². The summed E-state index contributed by atoms with van der Waals surface area (Å²) in [7, 11) is 0. The van der Waals surface area contributed by atoms with Crippen LogP contribution in [-0.2, 0) is 22.3 Å². The number of carbonyl (C=O) groups is 1. The highest BCUT2D eigenvalue weighted by Crippen LogP contribution is 2.29. The van der Waals surface area contributed by atoms with E-state index >= 15 is 0 Å². The zero-order valence-electron chi connectivity index (χ0n) is 8.08. The number of halogens is 3. The zero-order valence-corrected chi connectivity index (χ0v) is 8.08. The average Bonchev–Trinajstić information content (AvgIpc) is 2.16. The molecular formula is C10H8F3O3-. The number of benzene rings is 1. The van der Waals surface area contributed by atoms with Crippen molar-refractivity contribution in [1.29, 1.82) is 0 Å². The van der Waals surface area contributed by atoms with Crippen LogP contribution in [0, 0.1) is 0 Å². The van der Waals surface area contributed by atoms with Crippen LogP contribution in [0.4, 0.5) is 13.2 Å². The fraction of sp³-hybridized carbons (Fsp3) is 0.300. The van der Waals surface area contributed by atoms with Gasteiger partial charge in [-0.1, -0.05) is 12.1 Å². The SMILES string of the molecule is O=C([O-])COCc1cccc(C(F)(F)F)c1. The maximum atomic E-state index is 12.3. The molecule has 0 aliphatic carbocycles. The van der Waals surface area contributed by atoms with Gasteiger partial charge < -0.3 is 14.6 Å². The number of hydrogen-bond donors (Lipinski definition) is 0. The number of carboxylic acid groups (broad SMARTS) is 1. The topological polar surface area (TPSA) is 49.4 Å². The van der Waals surface area contributed by atoms with Crippen molar-refractivity contribution >= 4 is 5.97 Å². The fourth-order valence-electron chi connectivity index (χ4n) is 1.09. The third-order valence-corrected chi connectivity index (χ3v) is 1.74. The molecule has 3 nitrogen and oxygen atoms in total. The fourth-order valence-corrected chi connectivity index (χ4v) is 1.09. The van der Waals surface area contributed by atoms with Crippen molar-refractivity contribution in [1.82, 2.24) is 0 Å². The Morgan fingerprint density at radius 3 is 2.62 bits per heavy atom. The van der Waals surface area contributed by atoms with E-state index in [9.17, 15) is 23.1 Å². The second-order valence-corrected chi connectivity index (χ2v) is 3.06. The first-order chi connectivity index (χ1) is 7.39. The van der Waals surface area contributed by atoms with Crippen molar-refractivity contribution < 1.29 is 27.8 Å². The van der Waals surface area contributed by atoms with Crippen molar-refractivity contribution in [2.45, 2.75) is 12.8 Å². The van der Waals surface area contributed by atoms with Gasteiger partial charge in [0.15, 0.2) is 0 Å². The summed E-state index contributed by atoms with van der Waals surface area (Å²) in [6.07, 6.45) is -4.41. The van der Waals surface area contributed by atoms with Gasteiger partial charge in [-0.25, -0.2) is 0 Å². The highest BCUT2D eigenvalue weighted by Gasteiger charge is 2.30. The lowest BCUT2D eigenvalue weighted by atomic mass is 10.1. The van der Waals surface area contributed by atoms with E-state index in [4.69, 9.17) is 0 Å². The van der Waals surface area contributed by atoms with Crippen LogP contribution >= 0.6 is 0 Å². The molecule has 0 aromatic heterocycles. The van der Waals surface area contributed by atoms with Crippen LogP contribution in [0.5, 0.6) is 0 Å². The van der Waals surface area contributed by atoms with Gasteiger partial charge in [0.25, 0.3) is 0 Å². The second kappa shape index (κ2) is 4.98. The first-order valence-corrected chi connectivity index (χ1v) is 4.33. The van der Waals surface area contributed by atoms with Gasteiger partial charge in [-0.05, 0) is 17.7 Å². The molecule has 0 bridgehead atoms. The lowest BCUT2D eigenvalue weighted by Crippen LogP contribution is -2.27. The largest absolute Gasteiger partial charge is 0.548 e. The molecule has 0 spiro atoms. The number of carboxylic acids is 1. The molecule has 0 fully saturated rings. The molecule has 0 unspecified atom stereocenters. The molecule has 0 aliphatic heterocycles. The predicted molar refractivity (Wildman–Crippen MR) is 46.1 cm³/mol. The normalized spacial score (nSPS) is 11.4. The van der Waals surface area contributed by atoms with E-state index in [1.807, 2.05) is 0 Å². The summed E-state index contributed by atoms with van der Waals surface area (Å²) in [5.41, 5.74) is -0.530. The molecule has 1 aromatic carbocycles. The Balaban J connectivity index is 2.64. The van der Waals surface area contributed by atoms with E-state index in [1.165, 1.54) is 12.1 Å². The second-order valence-electron chi connectivity index (χ2n) is 3.06. The highest BCUT2D eigenvalue weighted by atomic mass is 19.4. The van der Waals surface area contributed by atoms with Crippen LogP contribution in [-0.4, -0.2) is 12.6 Å². The minimum Gasteiger partial charge on any atom is -0.548 e. The third-order valence-electron chi connectivity index (χ3n) is 1.74. The molecule has 0 heterocycles. The lowest BCUT2D eigenvalue weighted by Gasteiger charge is -2.09. The maximum absolute atomic E-state index is 12.3. The summed E-state index contributed by atoms with van der Waals surface area (Å²) in [6.45, 7) is -0.839.